The molecule has 1 aliphatic carbocycles. The van der Waals surface area contributed by atoms with E-state index in [4.69, 9.17) is 5.73 Å². The molecule has 1 aliphatic rings. The van der Waals surface area contributed by atoms with Crippen LogP contribution in [0.25, 0.3) is 0 Å². The molecule has 0 radical (unpaired) electrons. The van der Waals surface area contributed by atoms with Crippen molar-refractivity contribution in [3.8, 4) is 0 Å². The zero-order valence-corrected chi connectivity index (χ0v) is 11.1. The number of benzene rings is 1. The van der Waals surface area contributed by atoms with Crippen molar-refractivity contribution in [3.05, 3.63) is 30.1 Å². The maximum atomic E-state index is 12.9. The monoisotopic (exact) mass is 250 g/mol. The van der Waals surface area contributed by atoms with Crippen LogP contribution in [0.2, 0.25) is 0 Å². The smallest absolute Gasteiger partial charge is 0.123 e. The minimum atomic E-state index is -0.172. The molecule has 0 spiro atoms. The fourth-order valence-corrected chi connectivity index (χ4v) is 2.88. The number of anilines is 1. The molecule has 2 rings (SSSR count). The maximum Gasteiger partial charge on any atom is 0.123 e. The number of hydrogen-bond donors (Lipinski definition) is 1. The molecule has 0 saturated heterocycles. The van der Waals surface area contributed by atoms with Gasteiger partial charge in [0, 0.05) is 24.8 Å². The van der Waals surface area contributed by atoms with Gasteiger partial charge in [-0.1, -0.05) is 6.42 Å². The number of rotatable bonds is 4. The predicted octanol–water partition coefficient (Wildman–Crippen LogP) is 3.17. The van der Waals surface area contributed by atoms with Crippen molar-refractivity contribution < 1.29 is 4.39 Å². The number of nitrogens with zero attached hydrogens (tertiary/aromatic N) is 1. The van der Waals surface area contributed by atoms with E-state index >= 15 is 0 Å². The number of hydrogen-bond acceptors (Lipinski definition) is 2. The minimum absolute atomic E-state index is 0.172. The van der Waals surface area contributed by atoms with Gasteiger partial charge >= 0.3 is 0 Å². The van der Waals surface area contributed by atoms with Crippen LogP contribution >= 0.6 is 0 Å². The van der Waals surface area contributed by atoms with Crippen LogP contribution in [0.15, 0.2) is 24.3 Å². The molecule has 0 aliphatic heterocycles. The molecular weight excluding hydrogens is 227 g/mol. The van der Waals surface area contributed by atoms with E-state index in [9.17, 15) is 4.39 Å². The Balaban J connectivity index is 1.98. The summed E-state index contributed by atoms with van der Waals surface area (Å²) in [5.74, 6) is 0.508. The molecule has 2 nitrogen and oxygen atoms in total. The van der Waals surface area contributed by atoms with E-state index in [0.29, 0.717) is 12.0 Å². The van der Waals surface area contributed by atoms with E-state index in [1.165, 1.54) is 31.4 Å². The highest BCUT2D eigenvalue weighted by Crippen LogP contribution is 2.26. The van der Waals surface area contributed by atoms with Gasteiger partial charge in [-0.15, -0.1) is 0 Å². The maximum absolute atomic E-state index is 12.9. The molecule has 100 valence electrons. The van der Waals surface area contributed by atoms with Crippen molar-refractivity contribution in [2.45, 2.75) is 38.6 Å². The Bertz CT molecular complexity index is 363. The lowest BCUT2D eigenvalue weighted by atomic mass is 9.86. The molecule has 2 N–H and O–H groups in total. The Kier molecular flexibility index (Phi) is 4.59. The molecule has 2 atom stereocenters. The van der Waals surface area contributed by atoms with Crippen LogP contribution < -0.4 is 10.6 Å². The van der Waals surface area contributed by atoms with Crippen molar-refractivity contribution in [2.75, 3.05) is 18.0 Å². The van der Waals surface area contributed by atoms with E-state index in [1.54, 1.807) is 0 Å². The van der Waals surface area contributed by atoms with Crippen molar-refractivity contribution in [1.29, 1.82) is 0 Å². The Hall–Kier alpha value is -1.09. The Morgan fingerprint density at radius 1 is 1.28 bits per heavy atom. The summed E-state index contributed by atoms with van der Waals surface area (Å²) in [4.78, 5) is 2.32. The van der Waals surface area contributed by atoms with Gasteiger partial charge < -0.3 is 10.6 Å². The SMILES string of the molecule is CCN(CC1CCCC(N)C1)c1ccc(F)cc1. The van der Waals surface area contributed by atoms with Gasteiger partial charge in [-0.25, -0.2) is 4.39 Å². The molecule has 18 heavy (non-hydrogen) atoms. The second-order valence-electron chi connectivity index (χ2n) is 5.31. The number of nitrogens with two attached hydrogens (primary N) is 1. The van der Waals surface area contributed by atoms with Gasteiger partial charge in [0.25, 0.3) is 0 Å². The molecule has 1 aromatic rings. The van der Waals surface area contributed by atoms with Crippen molar-refractivity contribution >= 4 is 5.69 Å². The summed E-state index contributed by atoms with van der Waals surface area (Å²) in [5.41, 5.74) is 7.14. The fraction of sp³-hybridized carbons (Fsp3) is 0.600. The first-order valence-electron chi connectivity index (χ1n) is 6.95. The Labute approximate surface area is 109 Å². The molecule has 0 heterocycles. The van der Waals surface area contributed by atoms with Crippen molar-refractivity contribution in [1.82, 2.24) is 0 Å². The van der Waals surface area contributed by atoms with Crippen LogP contribution in [0.3, 0.4) is 0 Å². The standard InChI is InChI=1S/C15H23FN2/c1-2-18(15-8-6-13(16)7-9-15)11-12-4-3-5-14(17)10-12/h6-9,12,14H,2-5,10-11,17H2,1H3. The van der Waals surface area contributed by atoms with Crippen LogP contribution in [0.5, 0.6) is 0 Å². The van der Waals surface area contributed by atoms with Gasteiger partial charge in [0.05, 0.1) is 0 Å². The van der Waals surface area contributed by atoms with Crippen LogP contribution in [0.1, 0.15) is 32.6 Å². The van der Waals surface area contributed by atoms with Gasteiger partial charge in [-0.2, -0.15) is 0 Å². The average Bonchev–Trinajstić information content (AvgIpc) is 2.37. The van der Waals surface area contributed by atoms with Gasteiger partial charge in [0.2, 0.25) is 0 Å². The highest BCUT2D eigenvalue weighted by atomic mass is 19.1. The molecule has 1 aromatic carbocycles. The van der Waals surface area contributed by atoms with Crippen LogP contribution in [-0.2, 0) is 0 Å². The largest absolute Gasteiger partial charge is 0.372 e. The van der Waals surface area contributed by atoms with Crippen LogP contribution in [0, 0.1) is 11.7 Å². The Morgan fingerprint density at radius 2 is 2.00 bits per heavy atom. The summed E-state index contributed by atoms with van der Waals surface area (Å²) in [7, 11) is 0. The first-order valence-corrected chi connectivity index (χ1v) is 6.95. The highest BCUT2D eigenvalue weighted by molar-refractivity contribution is 5.46. The lowest BCUT2D eigenvalue weighted by molar-refractivity contribution is 0.324. The third-order valence-electron chi connectivity index (χ3n) is 3.88. The van der Waals surface area contributed by atoms with Crippen LogP contribution in [-0.4, -0.2) is 19.1 Å². The summed E-state index contributed by atoms with van der Waals surface area (Å²) < 4.78 is 12.9. The van der Waals surface area contributed by atoms with Crippen molar-refractivity contribution in [3.63, 3.8) is 0 Å². The second-order valence-corrected chi connectivity index (χ2v) is 5.31. The summed E-state index contributed by atoms with van der Waals surface area (Å²) >= 11 is 0. The van der Waals surface area contributed by atoms with Crippen LogP contribution in [0.4, 0.5) is 10.1 Å². The van der Waals surface area contributed by atoms with E-state index in [-0.39, 0.29) is 5.82 Å². The third kappa shape index (κ3) is 3.45. The van der Waals surface area contributed by atoms with E-state index < -0.39 is 0 Å². The van der Waals surface area contributed by atoms with Gasteiger partial charge in [-0.05, 0) is 56.4 Å². The van der Waals surface area contributed by atoms with E-state index in [0.717, 1.165) is 25.2 Å². The molecule has 1 saturated carbocycles. The first kappa shape index (κ1) is 13.3. The molecule has 0 amide bonds. The molecule has 0 bridgehead atoms. The predicted molar refractivity (Wildman–Crippen MR) is 74.2 cm³/mol. The van der Waals surface area contributed by atoms with Gasteiger partial charge in [0.15, 0.2) is 0 Å². The summed E-state index contributed by atoms with van der Waals surface area (Å²) in [6, 6.07) is 7.16. The normalized spacial score (nSPS) is 23.9. The zero-order valence-electron chi connectivity index (χ0n) is 11.1. The lowest BCUT2D eigenvalue weighted by Gasteiger charge is -2.32. The number of halogens is 1. The van der Waals surface area contributed by atoms with Gasteiger partial charge in [0.1, 0.15) is 5.82 Å². The second kappa shape index (κ2) is 6.19. The topological polar surface area (TPSA) is 29.3 Å². The molecular formula is C15H23FN2. The Morgan fingerprint density at radius 3 is 2.61 bits per heavy atom. The lowest BCUT2D eigenvalue weighted by Crippen LogP contribution is -2.35. The van der Waals surface area contributed by atoms with Gasteiger partial charge in [-0.3, -0.25) is 0 Å². The molecule has 0 aromatic heterocycles. The summed E-state index contributed by atoms with van der Waals surface area (Å²) in [5, 5.41) is 0. The average molecular weight is 250 g/mol. The molecule has 1 fully saturated rings. The molecule has 3 heteroatoms. The highest BCUT2D eigenvalue weighted by Gasteiger charge is 2.21. The van der Waals surface area contributed by atoms with E-state index in [1.807, 2.05) is 12.1 Å². The quantitative estimate of drug-likeness (QED) is 0.889. The fourth-order valence-electron chi connectivity index (χ4n) is 2.88. The minimum Gasteiger partial charge on any atom is -0.372 e. The van der Waals surface area contributed by atoms with Crippen molar-refractivity contribution in [2.24, 2.45) is 11.7 Å². The summed E-state index contributed by atoms with van der Waals surface area (Å²) in [6.07, 6.45) is 4.80. The third-order valence-corrected chi connectivity index (χ3v) is 3.88. The summed E-state index contributed by atoms with van der Waals surface area (Å²) in [6.45, 7) is 4.14. The first-order chi connectivity index (χ1) is 8.69. The zero-order chi connectivity index (χ0) is 13.0. The van der Waals surface area contributed by atoms with E-state index in [2.05, 4.69) is 11.8 Å². The molecule has 2 unspecified atom stereocenters.